The van der Waals surface area contributed by atoms with Crippen LogP contribution in [0.25, 0.3) is 0 Å². The molecule has 0 unspecified atom stereocenters. The van der Waals surface area contributed by atoms with Gasteiger partial charge in [-0.15, -0.1) is 0 Å². The van der Waals surface area contributed by atoms with E-state index in [1.54, 1.807) is 17.0 Å². The van der Waals surface area contributed by atoms with E-state index in [4.69, 9.17) is 5.26 Å². The van der Waals surface area contributed by atoms with Crippen LogP contribution in [0.5, 0.6) is 5.75 Å². The minimum Gasteiger partial charge on any atom is -0.508 e. The predicted octanol–water partition coefficient (Wildman–Crippen LogP) is 4.17. The third kappa shape index (κ3) is 6.11. The molecule has 1 amide bonds. The molecule has 148 valence electrons. The van der Waals surface area contributed by atoms with Gasteiger partial charge in [0, 0.05) is 24.3 Å². The zero-order chi connectivity index (χ0) is 20.5. The van der Waals surface area contributed by atoms with Crippen LogP contribution in [0, 0.1) is 25.2 Å². The molecule has 2 aromatic carbocycles. The third-order valence-corrected chi connectivity index (χ3v) is 4.55. The quantitative estimate of drug-likeness (QED) is 0.710. The summed E-state index contributed by atoms with van der Waals surface area (Å²) in [6.45, 7) is 7.94. The number of hydrogen-bond acceptors (Lipinski definition) is 4. The van der Waals surface area contributed by atoms with Gasteiger partial charge in [0.2, 0.25) is 5.91 Å². The number of carbonyl (C=O) groups is 1. The Morgan fingerprint density at radius 1 is 1.11 bits per heavy atom. The Labute approximate surface area is 167 Å². The molecule has 0 saturated carbocycles. The van der Waals surface area contributed by atoms with Crippen molar-refractivity contribution in [1.82, 2.24) is 4.90 Å². The van der Waals surface area contributed by atoms with Crippen molar-refractivity contribution in [3.05, 3.63) is 59.2 Å². The van der Waals surface area contributed by atoms with Crippen LogP contribution in [0.2, 0.25) is 0 Å². The molecule has 0 radical (unpaired) electrons. The Kier molecular flexibility index (Phi) is 8.03. The third-order valence-electron chi connectivity index (χ3n) is 4.55. The number of rotatable bonds is 9. The van der Waals surface area contributed by atoms with E-state index in [1.807, 2.05) is 43.0 Å². The smallest absolute Gasteiger partial charge is 0.241 e. The lowest BCUT2D eigenvalue weighted by molar-refractivity contribution is -0.119. The molecule has 0 aliphatic heterocycles. The molecule has 0 aliphatic rings. The number of nitrogens with zero attached hydrogens (tertiary/aromatic N) is 3. The molecule has 0 heterocycles. The minimum absolute atomic E-state index is 0.0379. The average Bonchev–Trinajstić information content (AvgIpc) is 2.63. The first-order valence-corrected chi connectivity index (χ1v) is 9.69. The van der Waals surface area contributed by atoms with Gasteiger partial charge in [0.1, 0.15) is 5.75 Å². The van der Waals surface area contributed by atoms with E-state index in [1.165, 1.54) is 0 Å². The maximum atomic E-state index is 13.1. The van der Waals surface area contributed by atoms with Gasteiger partial charge in [-0.1, -0.05) is 31.2 Å². The molecule has 0 aliphatic carbocycles. The van der Waals surface area contributed by atoms with E-state index < -0.39 is 0 Å². The Morgan fingerprint density at radius 3 is 2.39 bits per heavy atom. The number of anilines is 1. The summed E-state index contributed by atoms with van der Waals surface area (Å²) >= 11 is 0. The van der Waals surface area contributed by atoms with Crippen molar-refractivity contribution in [2.24, 2.45) is 0 Å². The number of phenols is 1. The molecule has 0 spiro atoms. The summed E-state index contributed by atoms with van der Waals surface area (Å²) in [6.07, 6.45) is 1.19. The number of para-hydroxylation sites is 1. The van der Waals surface area contributed by atoms with Gasteiger partial charge in [-0.3, -0.25) is 9.69 Å². The van der Waals surface area contributed by atoms with Crippen molar-refractivity contribution >= 4 is 11.6 Å². The number of nitriles is 1. The molecule has 0 saturated heterocycles. The lowest BCUT2D eigenvalue weighted by Crippen LogP contribution is -2.41. The Bertz CT molecular complexity index is 822. The van der Waals surface area contributed by atoms with E-state index in [0.29, 0.717) is 13.1 Å². The van der Waals surface area contributed by atoms with Crippen LogP contribution in [-0.2, 0) is 11.3 Å². The molecule has 0 fully saturated rings. The fraction of sp³-hybridized carbons (Fsp3) is 0.391. The molecule has 5 nitrogen and oxygen atoms in total. The minimum atomic E-state index is -0.0379. The topological polar surface area (TPSA) is 67.6 Å². The number of aryl methyl sites for hydroxylation is 2. The van der Waals surface area contributed by atoms with Gasteiger partial charge in [-0.05, 0) is 56.1 Å². The van der Waals surface area contributed by atoms with E-state index >= 15 is 0 Å². The maximum Gasteiger partial charge on any atom is 0.241 e. The predicted molar refractivity (Wildman–Crippen MR) is 112 cm³/mol. The van der Waals surface area contributed by atoms with Crippen LogP contribution in [0.15, 0.2) is 42.5 Å². The first kappa shape index (κ1) is 21.5. The molecule has 2 aromatic rings. The fourth-order valence-electron chi connectivity index (χ4n) is 3.36. The first-order valence-electron chi connectivity index (χ1n) is 9.69. The fourth-order valence-corrected chi connectivity index (χ4v) is 3.36. The van der Waals surface area contributed by atoms with E-state index in [-0.39, 0.29) is 24.6 Å². The second kappa shape index (κ2) is 10.5. The summed E-state index contributed by atoms with van der Waals surface area (Å²) in [5.74, 6) is 0.204. The van der Waals surface area contributed by atoms with Crippen molar-refractivity contribution in [2.75, 3.05) is 24.5 Å². The Hall–Kier alpha value is -2.84. The highest BCUT2D eigenvalue weighted by Crippen LogP contribution is 2.21. The zero-order valence-electron chi connectivity index (χ0n) is 17.0. The average molecular weight is 380 g/mol. The van der Waals surface area contributed by atoms with E-state index in [9.17, 15) is 9.90 Å². The van der Waals surface area contributed by atoms with Crippen molar-refractivity contribution in [3.63, 3.8) is 0 Å². The molecule has 0 atom stereocenters. The highest BCUT2D eigenvalue weighted by Gasteiger charge is 2.20. The summed E-state index contributed by atoms with van der Waals surface area (Å²) in [7, 11) is 0. The van der Waals surface area contributed by atoms with Crippen LogP contribution in [0.1, 0.15) is 36.5 Å². The molecule has 0 aromatic heterocycles. The van der Waals surface area contributed by atoms with Crippen LogP contribution in [-0.4, -0.2) is 35.5 Å². The van der Waals surface area contributed by atoms with Crippen LogP contribution in [0.4, 0.5) is 5.69 Å². The van der Waals surface area contributed by atoms with Crippen LogP contribution < -0.4 is 4.90 Å². The highest BCUT2D eigenvalue weighted by atomic mass is 16.3. The summed E-state index contributed by atoms with van der Waals surface area (Å²) in [4.78, 5) is 16.9. The standard InChI is InChI=1S/C23H29N3O2/c1-4-11-25(16-20-8-5-6-9-22(20)27)17-23(28)26(12-7-10-24)21-14-18(2)13-19(3)15-21/h5-6,8-9,13-15,27H,4,7,11-12,16-17H2,1-3H3. The molecule has 5 heteroatoms. The summed E-state index contributed by atoms with van der Waals surface area (Å²) in [6, 6.07) is 15.4. The highest BCUT2D eigenvalue weighted by molar-refractivity contribution is 5.95. The number of amides is 1. The van der Waals surface area contributed by atoms with Crippen molar-refractivity contribution < 1.29 is 9.90 Å². The maximum absolute atomic E-state index is 13.1. The number of benzene rings is 2. The van der Waals surface area contributed by atoms with Crippen molar-refractivity contribution in [1.29, 1.82) is 5.26 Å². The molecular formula is C23H29N3O2. The molecule has 2 rings (SSSR count). The molecule has 0 bridgehead atoms. The normalized spacial score (nSPS) is 10.7. The number of hydrogen-bond donors (Lipinski definition) is 1. The Balaban J connectivity index is 2.21. The molecule has 28 heavy (non-hydrogen) atoms. The van der Waals surface area contributed by atoms with Crippen molar-refractivity contribution in [3.8, 4) is 11.8 Å². The van der Waals surface area contributed by atoms with E-state index in [0.717, 1.165) is 35.3 Å². The Morgan fingerprint density at radius 2 is 1.79 bits per heavy atom. The van der Waals surface area contributed by atoms with Gasteiger partial charge in [-0.2, -0.15) is 5.26 Å². The SMILES string of the molecule is CCCN(CC(=O)N(CCC#N)c1cc(C)cc(C)c1)Cc1ccccc1O. The van der Waals surface area contributed by atoms with Gasteiger partial charge in [0.25, 0.3) is 0 Å². The van der Waals surface area contributed by atoms with Gasteiger partial charge in [0.15, 0.2) is 0 Å². The van der Waals surface area contributed by atoms with Gasteiger partial charge < -0.3 is 10.0 Å². The second-order valence-electron chi connectivity index (χ2n) is 7.14. The largest absolute Gasteiger partial charge is 0.508 e. The number of carbonyl (C=O) groups excluding carboxylic acids is 1. The lowest BCUT2D eigenvalue weighted by atomic mass is 10.1. The van der Waals surface area contributed by atoms with Gasteiger partial charge >= 0.3 is 0 Å². The summed E-state index contributed by atoms with van der Waals surface area (Å²) in [5, 5.41) is 19.1. The van der Waals surface area contributed by atoms with E-state index in [2.05, 4.69) is 19.1 Å². The monoisotopic (exact) mass is 379 g/mol. The van der Waals surface area contributed by atoms with Crippen LogP contribution >= 0.6 is 0 Å². The second-order valence-corrected chi connectivity index (χ2v) is 7.14. The van der Waals surface area contributed by atoms with Crippen molar-refractivity contribution in [2.45, 2.75) is 40.2 Å². The lowest BCUT2D eigenvalue weighted by Gasteiger charge is -2.27. The molecule has 1 N–H and O–H groups in total. The number of aromatic hydroxyl groups is 1. The first-order chi connectivity index (χ1) is 13.4. The summed E-state index contributed by atoms with van der Waals surface area (Å²) < 4.78 is 0. The number of phenolic OH excluding ortho intramolecular Hbond substituents is 1. The van der Waals surface area contributed by atoms with Gasteiger partial charge in [0.05, 0.1) is 19.0 Å². The van der Waals surface area contributed by atoms with Gasteiger partial charge in [-0.25, -0.2) is 0 Å². The molecular weight excluding hydrogens is 350 g/mol. The van der Waals surface area contributed by atoms with Crippen LogP contribution in [0.3, 0.4) is 0 Å². The zero-order valence-corrected chi connectivity index (χ0v) is 17.0. The summed E-state index contributed by atoms with van der Waals surface area (Å²) in [5.41, 5.74) is 3.81.